The third kappa shape index (κ3) is 6.45. The van der Waals surface area contributed by atoms with Crippen molar-refractivity contribution in [2.75, 3.05) is 11.9 Å². The number of carbonyl (C=O) groups is 3. The van der Waals surface area contributed by atoms with E-state index < -0.39 is 11.9 Å². The molecule has 0 heterocycles. The van der Waals surface area contributed by atoms with Gasteiger partial charge in [-0.05, 0) is 43.0 Å². The van der Waals surface area contributed by atoms with Crippen LogP contribution in [0, 0.1) is 5.92 Å². The van der Waals surface area contributed by atoms with Crippen LogP contribution in [0.25, 0.3) is 0 Å². The molecule has 1 aliphatic rings. The maximum Gasteiger partial charge on any atom is 0.321 e. The number of carbonyl (C=O) groups excluding carboxylic acids is 3. The molecule has 2 rings (SSSR count). The molecule has 1 aromatic rings. The number of nitrogens with one attached hydrogen (secondary N) is 3. The van der Waals surface area contributed by atoms with Crippen LogP contribution in [0.5, 0.6) is 5.75 Å². The van der Waals surface area contributed by atoms with Crippen molar-refractivity contribution in [3.63, 3.8) is 0 Å². The molecule has 1 fully saturated rings. The molecule has 0 aliphatic heterocycles. The zero-order valence-electron chi connectivity index (χ0n) is 14.6. The second-order valence-corrected chi connectivity index (χ2v) is 6.38. The Hall–Kier alpha value is -2.57. The first kappa shape index (κ1) is 18.8. The Bertz CT molecular complexity index is 615. The van der Waals surface area contributed by atoms with Crippen LogP contribution in [-0.2, 0) is 9.59 Å². The summed E-state index contributed by atoms with van der Waals surface area (Å²) < 4.78 is 5.34. The topological polar surface area (TPSA) is 96.5 Å². The lowest BCUT2D eigenvalue weighted by molar-refractivity contribution is -0.122. The maximum atomic E-state index is 11.9. The molecule has 25 heavy (non-hydrogen) atoms. The predicted molar refractivity (Wildman–Crippen MR) is 94.3 cm³/mol. The van der Waals surface area contributed by atoms with Crippen molar-refractivity contribution in [2.45, 2.75) is 45.6 Å². The molecule has 3 N–H and O–H groups in total. The van der Waals surface area contributed by atoms with E-state index in [0.717, 1.165) is 19.3 Å². The smallest absolute Gasteiger partial charge is 0.321 e. The van der Waals surface area contributed by atoms with Crippen LogP contribution >= 0.6 is 0 Å². The molecule has 7 heteroatoms. The van der Waals surface area contributed by atoms with Crippen LogP contribution in [0.15, 0.2) is 24.3 Å². The van der Waals surface area contributed by atoms with Crippen molar-refractivity contribution >= 4 is 23.5 Å². The molecular formula is C18H25N3O4. The minimum Gasteiger partial charge on any atom is -0.484 e. The van der Waals surface area contributed by atoms with Gasteiger partial charge < -0.3 is 15.4 Å². The lowest BCUT2D eigenvalue weighted by atomic mass is 9.86. The normalized spacial score (nSPS) is 19.6. The van der Waals surface area contributed by atoms with Crippen LogP contribution < -0.4 is 20.7 Å². The molecule has 136 valence electrons. The predicted octanol–water partition coefficient (Wildman–Crippen LogP) is 2.43. The first-order valence-electron chi connectivity index (χ1n) is 8.55. The second-order valence-electron chi connectivity index (χ2n) is 6.38. The number of rotatable bonds is 5. The fourth-order valence-electron chi connectivity index (χ4n) is 2.88. The average Bonchev–Trinajstić information content (AvgIpc) is 2.56. The Morgan fingerprint density at radius 1 is 1.12 bits per heavy atom. The molecule has 0 bridgehead atoms. The quantitative estimate of drug-likeness (QED) is 0.762. The van der Waals surface area contributed by atoms with Crippen molar-refractivity contribution in [3.8, 4) is 5.75 Å². The summed E-state index contributed by atoms with van der Waals surface area (Å²) in [5, 5.41) is 7.78. The SMILES string of the molecule is CC(=O)Nc1ccc(OCC(=O)NC(=O)N[C@H]2CCCC[C@@H]2C)cc1. The number of anilines is 1. The number of urea groups is 1. The van der Waals surface area contributed by atoms with Gasteiger partial charge in [0.1, 0.15) is 5.75 Å². The first-order valence-corrected chi connectivity index (χ1v) is 8.55. The molecule has 1 aliphatic carbocycles. The van der Waals surface area contributed by atoms with Crippen LogP contribution in [0.4, 0.5) is 10.5 Å². The highest BCUT2D eigenvalue weighted by molar-refractivity contribution is 5.95. The third-order valence-corrected chi connectivity index (χ3v) is 4.23. The van der Waals surface area contributed by atoms with Crippen molar-refractivity contribution in [3.05, 3.63) is 24.3 Å². The molecule has 7 nitrogen and oxygen atoms in total. The fourth-order valence-corrected chi connectivity index (χ4v) is 2.88. The Labute approximate surface area is 147 Å². The third-order valence-electron chi connectivity index (χ3n) is 4.23. The standard InChI is InChI=1S/C18H25N3O4/c1-12-5-3-4-6-16(12)20-18(24)21-17(23)11-25-15-9-7-14(8-10-15)19-13(2)22/h7-10,12,16H,3-6,11H2,1-2H3,(H,19,22)(H2,20,21,23,24)/t12-,16-/m0/s1. The second kappa shape index (κ2) is 9.05. The van der Waals surface area contributed by atoms with Crippen LogP contribution in [0.3, 0.4) is 0 Å². The highest BCUT2D eigenvalue weighted by atomic mass is 16.5. The Balaban J connectivity index is 1.72. The number of benzene rings is 1. The molecule has 0 saturated heterocycles. The summed E-state index contributed by atoms with van der Waals surface area (Å²) in [5.41, 5.74) is 0.644. The number of ether oxygens (including phenoxy) is 1. The van der Waals surface area contributed by atoms with E-state index in [0.29, 0.717) is 17.4 Å². The van der Waals surface area contributed by atoms with Gasteiger partial charge in [-0.25, -0.2) is 4.79 Å². The zero-order chi connectivity index (χ0) is 18.2. The van der Waals surface area contributed by atoms with Crippen LogP contribution in [-0.4, -0.2) is 30.5 Å². The molecule has 4 amide bonds. The molecule has 0 radical (unpaired) electrons. The Kier molecular flexibility index (Phi) is 6.80. The summed E-state index contributed by atoms with van der Waals surface area (Å²) in [5.74, 6) is 0.233. The summed E-state index contributed by atoms with van der Waals surface area (Å²) in [6, 6.07) is 6.26. The van der Waals surface area contributed by atoms with E-state index in [1.807, 2.05) is 0 Å². The summed E-state index contributed by atoms with van der Waals surface area (Å²) in [4.78, 5) is 34.6. The van der Waals surface area contributed by atoms with Crippen molar-refractivity contribution in [1.82, 2.24) is 10.6 Å². The van der Waals surface area contributed by atoms with E-state index in [1.54, 1.807) is 24.3 Å². The molecular weight excluding hydrogens is 322 g/mol. The van der Waals surface area contributed by atoms with Crippen molar-refractivity contribution in [1.29, 1.82) is 0 Å². The average molecular weight is 347 g/mol. The van der Waals surface area contributed by atoms with Gasteiger partial charge in [0, 0.05) is 18.7 Å². The lowest BCUT2D eigenvalue weighted by Gasteiger charge is -2.29. The molecule has 0 spiro atoms. The zero-order valence-corrected chi connectivity index (χ0v) is 14.6. The molecule has 1 aromatic carbocycles. The van der Waals surface area contributed by atoms with Gasteiger partial charge in [0.2, 0.25) is 5.91 Å². The van der Waals surface area contributed by atoms with Gasteiger partial charge in [-0.2, -0.15) is 0 Å². The van der Waals surface area contributed by atoms with E-state index in [9.17, 15) is 14.4 Å². The van der Waals surface area contributed by atoms with E-state index in [-0.39, 0.29) is 18.6 Å². The van der Waals surface area contributed by atoms with Crippen LogP contribution in [0.2, 0.25) is 0 Å². The van der Waals surface area contributed by atoms with E-state index in [2.05, 4.69) is 22.9 Å². The minimum absolute atomic E-state index is 0.115. The maximum absolute atomic E-state index is 11.9. The fraction of sp³-hybridized carbons (Fsp3) is 0.500. The van der Waals surface area contributed by atoms with Crippen molar-refractivity contribution < 1.29 is 19.1 Å². The molecule has 0 aromatic heterocycles. The lowest BCUT2D eigenvalue weighted by Crippen LogP contribution is -2.48. The van der Waals surface area contributed by atoms with Gasteiger partial charge in [-0.15, -0.1) is 0 Å². The van der Waals surface area contributed by atoms with E-state index in [1.165, 1.54) is 13.3 Å². The number of hydrogen-bond donors (Lipinski definition) is 3. The molecule has 2 atom stereocenters. The summed E-state index contributed by atoms with van der Waals surface area (Å²) in [6.45, 7) is 3.28. The Morgan fingerprint density at radius 2 is 1.80 bits per heavy atom. The Morgan fingerprint density at radius 3 is 2.44 bits per heavy atom. The molecule has 0 unspecified atom stereocenters. The van der Waals surface area contributed by atoms with Gasteiger partial charge in [0.15, 0.2) is 6.61 Å². The van der Waals surface area contributed by atoms with Gasteiger partial charge in [0.05, 0.1) is 0 Å². The molecule has 1 saturated carbocycles. The van der Waals surface area contributed by atoms with Gasteiger partial charge in [-0.1, -0.05) is 19.8 Å². The van der Waals surface area contributed by atoms with Crippen molar-refractivity contribution in [2.24, 2.45) is 5.92 Å². The number of amides is 4. The number of hydrogen-bond acceptors (Lipinski definition) is 4. The highest BCUT2D eigenvalue weighted by Gasteiger charge is 2.23. The monoisotopic (exact) mass is 347 g/mol. The first-order chi connectivity index (χ1) is 11.9. The van der Waals surface area contributed by atoms with Gasteiger partial charge in [-0.3, -0.25) is 14.9 Å². The number of imide groups is 1. The largest absolute Gasteiger partial charge is 0.484 e. The summed E-state index contributed by atoms with van der Waals surface area (Å²) in [6.07, 6.45) is 4.33. The van der Waals surface area contributed by atoms with E-state index in [4.69, 9.17) is 4.74 Å². The van der Waals surface area contributed by atoms with Crippen LogP contribution in [0.1, 0.15) is 39.5 Å². The minimum atomic E-state index is -0.507. The summed E-state index contributed by atoms with van der Waals surface area (Å²) in [7, 11) is 0. The van der Waals surface area contributed by atoms with Gasteiger partial charge >= 0.3 is 6.03 Å². The highest BCUT2D eigenvalue weighted by Crippen LogP contribution is 2.23. The van der Waals surface area contributed by atoms with E-state index >= 15 is 0 Å². The van der Waals surface area contributed by atoms with Gasteiger partial charge in [0.25, 0.3) is 5.91 Å². The summed E-state index contributed by atoms with van der Waals surface area (Å²) >= 11 is 0.